The number of carbonyl (C=O) groups excluding carboxylic acids is 1. The Kier molecular flexibility index (Phi) is 5.52. The Labute approximate surface area is 153 Å². The largest absolute Gasteiger partial charge is 0.497 e. The summed E-state index contributed by atoms with van der Waals surface area (Å²) in [6.45, 7) is 0. The summed E-state index contributed by atoms with van der Waals surface area (Å²) in [6, 6.07) is 12.6. The number of para-hydroxylation sites is 1. The Bertz CT molecular complexity index is 869. The Morgan fingerprint density at radius 1 is 1.16 bits per heavy atom. The zero-order chi connectivity index (χ0) is 17.6. The van der Waals surface area contributed by atoms with Gasteiger partial charge in [-0.25, -0.2) is 0 Å². The molecule has 1 heterocycles. The second-order valence-corrected chi connectivity index (χ2v) is 6.95. The van der Waals surface area contributed by atoms with E-state index in [0.717, 1.165) is 9.24 Å². The number of carbonyl (C=O) groups is 1. The summed E-state index contributed by atoms with van der Waals surface area (Å²) in [7, 11) is 3.08. The topological polar surface area (TPSA) is 73.3 Å². The highest BCUT2D eigenvalue weighted by atomic mass is 32.2. The van der Waals surface area contributed by atoms with Crippen LogP contribution in [-0.4, -0.2) is 30.3 Å². The van der Waals surface area contributed by atoms with Gasteiger partial charge in [-0.05, 0) is 24.3 Å². The van der Waals surface area contributed by atoms with Crippen LogP contribution >= 0.6 is 23.1 Å². The van der Waals surface area contributed by atoms with Gasteiger partial charge in [-0.15, -0.1) is 10.2 Å². The minimum atomic E-state index is -0.259. The zero-order valence-corrected chi connectivity index (χ0v) is 15.2. The molecule has 8 heteroatoms. The molecule has 2 aromatic carbocycles. The van der Waals surface area contributed by atoms with Crippen molar-refractivity contribution in [2.45, 2.75) is 9.24 Å². The first-order valence-electron chi connectivity index (χ1n) is 7.27. The third-order valence-corrected chi connectivity index (χ3v) is 5.18. The first kappa shape index (κ1) is 17.2. The molecule has 0 aliphatic carbocycles. The van der Waals surface area contributed by atoms with E-state index >= 15 is 0 Å². The maximum atomic E-state index is 12.7. The van der Waals surface area contributed by atoms with Crippen LogP contribution in [-0.2, 0) is 0 Å². The van der Waals surface area contributed by atoms with Crippen molar-refractivity contribution in [1.82, 2.24) is 10.2 Å². The van der Waals surface area contributed by atoms with Gasteiger partial charge < -0.3 is 14.8 Å². The van der Waals surface area contributed by atoms with Crippen LogP contribution in [0, 0.1) is 0 Å². The van der Waals surface area contributed by atoms with Crippen LogP contribution in [0.1, 0.15) is 10.4 Å². The number of rotatable bonds is 6. The van der Waals surface area contributed by atoms with Gasteiger partial charge in [-0.1, -0.05) is 35.2 Å². The summed E-state index contributed by atoms with van der Waals surface area (Å²) in [6.07, 6.45) is 0. The Morgan fingerprint density at radius 2 is 2.00 bits per heavy atom. The van der Waals surface area contributed by atoms with Crippen molar-refractivity contribution >= 4 is 34.7 Å². The second-order valence-electron chi connectivity index (χ2n) is 4.82. The van der Waals surface area contributed by atoms with E-state index in [1.165, 1.54) is 30.2 Å². The van der Waals surface area contributed by atoms with Gasteiger partial charge in [0, 0.05) is 11.0 Å². The normalized spacial score (nSPS) is 10.3. The van der Waals surface area contributed by atoms with Gasteiger partial charge in [0.05, 0.1) is 25.5 Å². The average Bonchev–Trinajstić information content (AvgIpc) is 3.15. The quantitative estimate of drug-likeness (QED) is 0.705. The first-order valence-corrected chi connectivity index (χ1v) is 8.97. The molecule has 1 N–H and O–H groups in total. The van der Waals surface area contributed by atoms with E-state index in [1.807, 2.05) is 24.3 Å². The molecule has 0 aliphatic heterocycles. The van der Waals surface area contributed by atoms with E-state index < -0.39 is 0 Å². The molecule has 0 bridgehead atoms. The first-order chi connectivity index (χ1) is 12.2. The fourth-order valence-electron chi connectivity index (χ4n) is 2.14. The third kappa shape index (κ3) is 4.09. The van der Waals surface area contributed by atoms with Gasteiger partial charge in [0.15, 0.2) is 4.34 Å². The smallest absolute Gasteiger partial charge is 0.259 e. The van der Waals surface area contributed by atoms with Crippen LogP contribution in [0.25, 0.3) is 0 Å². The second kappa shape index (κ2) is 8.00. The minimum absolute atomic E-state index is 0.259. The molecule has 0 aliphatic rings. The van der Waals surface area contributed by atoms with Crippen LogP contribution in [0.2, 0.25) is 0 Å². The Hall–Kier alpha value is -2.58. The summed E-state index contributed by atoms with van der Waals surface area (Å²) in [5.41, 5.74) is 2.80. The number of methoxy groups -OCH3 is 2. The monoisotopic (exact) mass is 373 g/mol. The summed E-state index contributed by atoms with van der Waals surface area (Å²) in [4.78, 5) is 13.6. The summed E-state index contributed by atoms with van der Waals surface area (Å²) >= 11 is 2.90. The molecule has 1 amide bonds. The molecule has 6 nitrogen and oxygen atoms in total. The molecular weight excluding hydrogens is 358 g/mol. The molecule has 1 aromatic heterocycles. The predicted octanol–water partition coefficient (Wildman–Crippen LogP) is 3.96. The van der Waals surface area contributed by atoms with Crippen LogP contribution in [0.5, 0.6) is 11.5 Å². The van der Waals surface area contributed by atoms with E-state index in [2.05, 4.69) is 15.5 Å². The highest BCUT2D eigenvalue weighted by Crippen LogP contribution is 2.34. The molecular formula is C17H15N3O3S2. The molecule has 0 spiro atoms. The van der Waals surface area contributed by atoms with E-state index in [9.17, 15) is 4.79 Å². The lowest BCUT2D eigenvalue weighted by Gasteiger charge is -2.12. The van der Waals surface area contributed by atoms with Gasteiger partial charge in [0.1, 0.15) is 17.0 Å². The number of hydrogen-bond donors (Lipinski definition) is 1. The van der Waals surface area contributed by atoms with Crippen LogP contribution in [0.3, 0.4) is 0 Å². The predicted molar refractivity (Wildman–Crippen MR) is 98.0 cm³/mol. The summed E-state index contributed by atoms with van der Waals surface area (Å²) in [5, 5.41) is 10.8. The number of nitrogens with zero attached hydrogens (tertiary/aromatic N) is 2. The fourth-order valence-corrected chi connectivity index (χ4v) is 3.66. The number of aromatic nitrogens is 2. The van der Waals surface area contributed by atoms with Crippen molar-refractivity contribution in [2.24, 2.45) is 0 Å². The number of nitrogens with one attached hydrogen (secondary N) is 1. The molecule has 3 aromatic rings. The molecule has 0 fully saturated rings. The molecule has 0 saturated carbocycles. The summed E-state index contributed by atoms with van der Waals surface area (Å²) in [5.74, 6) is 0.816. The molecule has 0 unspecified atom stereocenters. The van der Waals surface area contributed by atoms with Crippen molar-refractivity contribution in [2.75, 3.05) is 19.5 Å². The number of amides is 1. The lowest BCUT2D eigenvalue weighted by Crippen LogP contribution is -2.13. The van der Waals surface area contributed by atoms with E-state index in [0.29, 0.717) is 22.7 Å². The highest BCUT2D eigenvalue weighted by molar-refractivity contribution is 8.01. The average molecular weight is 373 g/mol. The fraction of sp³-hybridized carbons (Fsp3) is 0.118. The van der Waals surface area contributed by atoms with Gasteiger partial charge in [0.25, 0.3) is 5.91 Å². The number of ether oxygens (including phenoxy) is 2. The Balaban J connectivity index is 1.84. The maximum Gasteiger partial charge on any atom is 0.259 e. The molecule has 0 atom stereocenters. The molecule has 0 saturated heterocycles. The lowest BCUT2D eigenvalue weighted by molar-refractivity contribution is 0.102. The van der Waals surface area contributed by atoms with E-state index in [1.54, 1.807) is 30.8 Å². The van der Waals surface area contributed by atoms with Gasteiger partial charge in [-0.3, -0.25) is 4.79 Å². The van der Waals surface area contributed by atoms with E-state index in [-0.39, 0.29) is 5.91 Å². The van der Waals surface area contributed by atoms with E-state index in [4.69, 9.17) is 9.47 Å². The van der Waals surface area contributed by atoms with Crippen LogP contribution in [0.15, 0.2) is 57.2 Å². The van der Waals surface area contributed by atoms with Crippen molar-refractivity contribution in [3.8, 4) is 11.5 Å². The standard InChI is InChI=1S/C17H15N3O3S2/c1-22-11-7-8-12(14(9-11)23-2)16(21)19-13-5-3-4-6-15(13)25-17-20-18-10-24-17/h3-10H,1-2H3,(H,19,21). The van der Waals surface area contributed by atoms with Crippen molar-refractivity contribution < 1.29 is 14.3 Å². The third-order valence-electron chi connectivity index (χ3n) is 3.33. The maximum absolute atomic E-state index is 12.7. The lowest BCUT2D eigenvalue weighted by atomic mass is 10.1. The highest BCUT2D eigenvalue weighted by Gasteiger charge is 2.15. The molecule has 25 heavy (non-hydrogen) atoms. The van der Waals surface area contributed by atoms with Gasteiger partial charge in [0.2, 0.25) is 0 Å². The number of anilines is 1. The van der Waals surface area contributed by atoms with Crippen molar-refractivity contribution in [3.63, 3.8) is 0 Å². The minimum Gasteiger partial charge on any atom is -0.497 e. The molecule has 128 valence electrons. The van der Waals surface area contributed by atoms with Crippen LogP contribution in [0.4, 0.5) is 5.69 Å². The number of hydrogen-bond acceptors (Lipinski definition) is 7. The molecule has 3 rings (SSSR count). The van der Waals surface area contributed by atoms with Gasteiger partial charge in [-0.2, -0.15) is 0 Å². The van der Waals surface area contributed by atoms with Crippen molar-refractivity contribution in [3.05, 3.63) is 53.5 Å². The molecule has 0 radical (unpaired) electrons. The van der Waals surface area contributed by atoms with Crippen molar-refractivity contribution in [1.29, 1.82) is 0 Å². The number of benzene rings is 2. The summed E-state index contributed by atoms with van der Waals surface area (Å²) < 4.78 is 11.3. The SMILES string of the molecule is COc1ccc(C(=O)Nc2ccccc2Sc2nncs2)c(OC)c1. The zero-order valence-electron chi connectivity index (χ0n) is 13.6. The van der Waals surface area contributed by atoms with Gasteiger partial charge >= 0.3 is 0 Å². The van der Waals surface area contributed by atoms with Crippen LogP contribution < -0.4 is 14.8 Å². The Morgan fingerprint density at radius 3 is 2.72 bits per heavy atom.